The molecular formula is C19H15N3O. The van der Waals surface area contributed by atoms with E-state index < -0.39 is 0 Å². The van der Waals surface area contributed by atoms with Gasteiger partial charge in [0.1, 0.15) is 5.75 Å². The maximum atomic E-state index is 10.2. The fraction of sp³-hybridized carbons (Fsp3) is 0.0526. The Labute approximate surface area is 133 Å². The topological polar surface area (TPSA) is 50.4 Å². The van der Waals surface area contributed by atoms with E-state index in [1.54, 1.807) is 16.8 Å². The molecule has 0 aliphatic rings. The summed E-state index contributed by atoms with van der Waals surface area (Å²) in [5.74, 6) is 0.236. The first kappa shape index (κ1) is 13.5. The Hall–Kier alpha value is -3.14. The van der Waals surface area contributed by atoms with Crippen molar-refractivity contribution in [2.45, 2.75) is 6.92 Å². The number of phenolic OH excluding ortho intramolecular Hbond substituents is 1. The van der Waals surface area contributed by atoms with Crippen molar-refractivity contribution in [3.05, 3.63) is 72.4 Å². The first-order valence-electron chi connectivity index (χ1n) is 7.42. The molecule has 0 unspecified atom stereocenters. The van der Waals surface area contributed by atoms with E-state index in [0.29, 0.717) is 0 Å². The van der Waals surface area contributed by atoms with Gasteiger partial charge in [-0.3, -0.25) is 0 Å². The molecular weight excluding hydrogens is 286 g/mol. The van der Waals surface area contributed by atoms with Crippen LogP contribution in [0.4, 0.5) is 0 Å². The molecule has 2 aromatic carbocycles. The molecule has 0 spiro atoms. The van der Waals surface area contributed by atoms with Crippen LogP contribution in [-0.2, 0) is 0 Å². The Balaban J connectivity index is 1.95. The third-order valence-electron chi connectivity index (χ3n) is 3.86. The van der Waals surface area contributed by atoms with E-state index in [1.807, 2.05) is 61.5 Å². The van der Waals surface area contributed by atoms with Crippen molar-refractivity contribution in [3.8, 4) is 28.3 Å². The van der Waals surface area contributed by atoms with Crippen molar-refractivity contribution in [2.75, 3.05) is 0 Å². The molecule has 4 rings (SSSR count). The highest BCUT2D eigenvalue weighted by atomic mass is 16.3. The van der Waals surface area contributed by atoms with Crippen LogP contribution in [0.1, 0.15) is 5.56 Å². The lowest BCUT2D eigenvalue weighted by Gasteiger charge is -2.07. The van der Waals surface area contributed by atoms with Gasteiger partial charge in [0.15, 0.2) is 5.65 Å². The average Bonchev–Trinajstić information content (AvgIpc) is 3.02. The number of nitrogens with zero attached hydrogens (tertiary/aromatic N) is 3. The van der Waals surface area contributed by atoms with Gasteiger partial charge in [-0.25, -0.2) is 9.50 Å². The van der Waals surface area contributed by atoms with Crippen LogP contribution in [0.2, 0.25) is 0 Å². The highest BCUT2D eigenvalue weighted by molar-refractivity contribution is 5.72. The number of hydrogen-bond acceptors (Lipinski definition) is 3. The second-order valence-electron chi connectivity index (χ2n) is 5.52. The number of hydrogen-bond donors (Lipinski definition) is 1. The number of aryl methyl sites for hydroxylation is 1. The van der Waals surface area contributed by atoms with Gasteiger partial charge in [-0.15, -0.1) is 0 Å². The molecule has 0 fully saturated rings. The summed E-state index contributed by atoms with van der Waals surface area (Å²) in [6.45, 7) is 2.00. The predicted octanol–water partition coefficient (Wildman–Crippen LogP) is 4.08. The molecule has 0 saturated heterocycles. The van der Waals surface area contributed by atoms with Gasteiger partial charge in [0.05, 0.1) is 11.4 Å². The molecule has 23 heavy (non-hydrogen) atoms. The van der Waals surface area contributed by atoms with Crippen LogP contribution >= 0.6 is 0 Å². The first-order chi connectivity index (χ1) is 11.2. The van der Waals surface area contributed by atoms with Crippen LogP contribution in [0, 0.1) is 6.92 Å². The summed E-state index contributed by atoms with van der Waals surface area (Å²) in [7, 11) is 0. The first-order valence-corrected chi connectivity index (χ1v) is 7.42. The molecule has 112 valence electrons. The average molecular weight is 301 g/mol. The smallest absolute Gasteiger partial charge is 0.156 e. The Morgan fingerprint density at radius 1 is 0.957 bits per heavy atom. The summed E-state index contributed by atoms with van der Waals surface area (Å²) < 4.78 is 1.77. The molecule has 0 radical (unpaired) electrons. The van der Waals surface area contributed by atoms with Gasteiger partial charge < -0.3 is 5.11 Å². The van der Waals surface area contributed by atoms with E-state index in [1.165, 1.54) is 0 Å². The molecule has 2 aromatic heterocycles. The molecule has 0 bridgehead atoms. The molecule has 4 nitrogen and oxygen atoms in total. The standard InChI is InChI=1S/C19H15N3O/c1-13-7-8-18(23)15(11-13)17-9-10-20-19-12-16(21-22(17)19)14-5-3-2-4-6-14/h2-12,23H,1H3. The zero-order valence-corrected chi connectivity index (χ0v) is 12.6. The lowest BCUT2D eigenvalue weighted by Crippen LogP contribution is -1.96. The fourth-order valence-electron chi connectivity index (χ4n) is 2.70. The molecule has 0 aliphatic carbocycles. The fourth-order valence-corrected chi connectivity index (χ4v) is 2.70. The maximum absolute atomic E-state index is 10.2. The third-order valence-corrected chi connectivity index (χ3v) is 3.86. The van der Waals surface area contributed by atoms with Gasteiger partial charge >= 0.3 is 0 Å². The van der Waals surface area contributed by atoms with Crippen LogP contribution in [0.25, 0.3) is 28.2 Å². The van der Waals surface area contributed by atoms with Crippen molar-refractivity contribution >= 4 is 5.65 Å². The predicted molar refractivity (Wildman–Crippen MR) is 90.3 cm³/mol. The minimum atomic E-state index is 0.236. The second-order valence-corrected chi connectivity index (χ2v) is 5.52. The summed E-state index contributed by atoms with van der Waals surface area (Å²) in [6.07, 6.45) is 1.74. The van der Waals surface area contributed by atoms with Gasteiger partial charge in [-0.1, -0.05) is 42.0 Å². The molecule has 0 saturated carbocycles. The second kappa shape index (κ2) is 5.25. The van der Waals surface area contributed by atoms with Crippen molar-refractivity contribution in [3.63, 3.8) is 0 Å². The Morgan fingerprint density at radius 2 is 1.78 bits per heavy atom. The highest BCUT2D eigenvalue weighted by Gasteiger charge is 2.12. The van der Waals surface area contributed by atoms with Crippen LogP contribution in [0.3, 0.4) is 0 Å². The molecule has 4 aromatic rings. The van der Waals surface area contributed by atoms with Crippen molar-refractivity contribution in [1.82, 2.24) is 14.6 Å². The summed E-state index contributed by atoms with van der Waals surface area (Å²) in [5, 5.41) is 14.9. The molecule has 4 heteroatoms. The van der Waals surface area contributed by atoms with E-state index >= 15 is 0 Å². The number of fused-ring (bicyclic) bond motifs is 1. The Bertz CT molecular complexity index is 990. The molecule has 0 atom stereocenters. The van der Waals surface area contributed by atoms with Gasteiger partial charge in [-0.2, -0.15) is 5.10 Å². The quantitative estimate of drug-likeness (QED) is 0.607. The number of benzene rings is 2. The number of phenols is 1. The minimum absolute atomic E-state index is 0.236. The summed E-state index contributed by atoms with van der Waals surface area (Å²) in [6, 6.07) is 19.3. The molecule has 0 aliphatic heterocycles. The van der Waals surface area contributed by atoms with Crippen molar-refractivity contribution in [2.24, 2.45) is 0 Å². The van der Waals surface area contributed by atoms with E-state index in [9.17, 15) is 5.11 Å². The Kier molecular flexibility index (Phi) is 3.08. The van der Waals surface area contributed by atoms with E-state index in [0.717, 1.165) is 33.7 Å². The number of rotatable bonds is 2. The number of aromatic nitrogens is 3. The van der Waals surface area contributed by atoms with Crippen LogP contribution in [0.15, 0.2) is 66.9 Å². The van der Waals surface area contributed by atoms with E-state index in [-0.39, 0.29) is 5.75 Å². The summed E-state index contributed by atoms with van der Waals surface area (Å²) >= 11 is 0. The van der Waals surface area contributed by atoms with Gasteiger partial charge in [-0.05, 0) is 25.1 Å². The lowest BCUT2D eigenvalue weighted by molar-refractivity contribution is 0.477. The van der Waals surface area contributed by atoms with Gasteiger partial charge in [0, 0.05) is 23.4 Å². The zero-order chi connectivity index (χ0) is 15.8. The van der Waals surface area contributed by atoms with Crippen LogP contribution in [0.5, 0.6) is 5.75 Å². The largest absolute Gasteiger partial charge is 0.507 e. The molecule has 0 amide bonds. The lowest BCUT2D eigenvalue weighted by atomic mass is 10.1. The maximum Gasteiger partial charge on any atom is 0.156 e. The Morgan fingerprint density at radius 3 is 2.61 bits per heavy atom. The van der Waals surface area contributed by atoms with Crippen molar-refractivity contribution < 1.29 is 5.11 Å². The van der Waals surface area contributed by atoms with Gasteiger partial charge in [0.2, 0.25) is 0 Å². The third kappa shape index (κ3) is 2.34. The normalized spacial score (nSPS) is 11.0. The summed E-state index contributed by atoms with van der Waals surface area (Å²) in [4.78, 5) is 4.38. The van der Waals surface area contributed by atoms with E-state index in [4.69, 9.17) is 0 Å². The molecule has 2 heterocycles. The number of aromatic hydroxyl groups is 1. The van der Waals surface area contributed by atoms with Crippen molar-refractivity contribution in [1.29, 1.82) is 0 Å². The SMILES string of the molecule is Cc1ccc(O)c(-c2ccnc3cc(-c4ccccc4)nn23)c1. The zero-order valence-electron chi connectivity index (χ0n) is 12.6. The van der Waals surface area contributed by atoms with Crippen LogP contribution < -0.4 is 0 Å². The van der Waals surface area contributed by atoms with Gasteiger partial charge in [0.25, 0.3) is 0 Å². The minimum Gasteiger partial charge on any atom is -0.507 e. The van der Waals surface area contributed by atoms with E-state index in [2.05, 4.69) is 10.1 Å². The highest BCUT2D eigenvalue weighted by Crippen LogP contribution is 2.30. The van der Waals surface area contributed by atoms with Crippen LogP contribution in [-0.4, -0.2) is 19.7 Å². The monoisotopic (exact) mass is 301 g/mol. The molecule has 1 N–H and O–H groups in total. The summed E-state index contributed by atoms with van der Waals surface area (Å²) in [5.41, 5.74) is 5.30.